The van der Waals surface area contributed by atoms with Crippen molar-refractivity contribution in [3.8, 4) is 5.75 Å². The van der Waals surface area contributed by atoms with Gasteiger partial charge in [0.2, 0.25) is 0 Å². The number of phenols is 1. The van der Waals surface area contributed by atoms with Crippen molar-refractivity contribution in [1.29, 1.82) is 0 Å². The van der Waals surface area contributed by atoms with Gasteiger partial charge in [-0.2, -0.15) is 0 Å². The Labute approximate surface area is 96.0 Å². The molecule has 0 bridgehead atoms. The van der Waals surface area contributed by atoms with Gasteiger partial charge in [-0.15, -0.1) is 0 Å². The molecule has 0 saturated carbocycles. The minimum absolute atomic E-state index is 0.0452. The third-order valence-corrected chi connectivity index (χ3v) is 4.36. The quantitative estimate of drug-likeness (QED) is 0.813. The van der Waals surface area contributed by atoms with Crippen molar-refractivity contribution in [2.75, 3.05) is 12.3 Å². The van der Waals surface area contributed by atoms with E-state index in [-0.39, 0.29) is 22.3 Å². The summed E-state index contributed by atoms with van der Waals surface area (Å²) in [5.74, 6) is 0.201. The zero-order chi connectivity index (χ0) is 12.2. The highest BCUT2D eigenvalue weighted by atomic mass is 32.2. The summed E-state index contributed by atoms with van der Waals surface area (Å²) in [5, 5.41) is 9.08. The lowest BCUT2D eigenvalue weighted by Crippen LogP contribution is -2.17. The standard InChI is InChI=1S/C11H17NO3S/c1-9(6-7-12)8-16(14,15)11-4-2-10(13)3-5-11/h2-5,9,13H,6-8,12H2,1H3. The molecular formula is C11H17NO3S. The van der Waals surface area contributed by atoms with Crippen LogP contribution in [0.1, 0.15) is 13.3 Å². The van der Waals surface area contributed by atoms with Crippen molar-refractivity contribution in [1.82, 2.24) is 0 Å². The largest absolute Gasteiger partial charge is 0.508 e. The smallest absolute Gasteiger partial charge is 0.178 e. The molecule has 0 aliphatic carbocycles. The molecule has 0 radical (unpaired) electrons. The van der Waals surface area contributed by atoms with Gasteiger partial charge in [-0.25, -0.2) is 8.42 Å². The summed E-state index contributed by atoms with van der Waals surface area (Å²) in [4.78, 5) is 0.245. The maximum Gasteiger partial charge on any atom is 0.178 e. The Morgan fingerprint density at radius 2 is 1.88 bits per heavy atom. The van der Waals surface area contributed by atoms with Crippen molar-refractivity contribution in [3.05, 3.63) is 24.3 Å². The fraction of sp³-hybridized carbons (Fsp3) is 0.455. The first-order chi connectivity index (χ1) is 7.45. The molecule has 5 heteroatoms. The molecule has 0 aliphatic rings. The average Bonchev–Trinajstić information content (AvgIpc) is 2.17. The molecule has 0 aliphatic heterocycles. The van der Waals surface area contributed by atoms with Gasteiger partial charge in [0.15, 0.2) is 9.84 Å². The molecule has 0 heterocycles. The second-order valence-corrected chi connectivity index (χ2v) is 5.99. The molecule has 1 aromatic carbocycles. The molecule has 16 heavy (non-hydrogen) atoms. The van der Waals surface area contributed by atoms with Crippen LogP contribution in [-0.2, 0) is 9.84 Å². The van der Waals surface area contributed by atoms with E-state index in [0.29, 0.717) is 13.0 Å². The van der Waals surface area contributed by atoms with Crippen LogP contribution in [0.4, 0.5) is 0 Å². The van der Waals surface area contributed by atoms with E-state index in [1.807, 2.05) is 6.92 Å². The molecular weight excluding hydrogens is 226 g/mol. The van der Waals surface area contributed by atoms with Gasteiger partial charge in [0.25, 0.3) is 0 Å². The van der Waals surface area contributed by atoms with Crippen LogP contribution in [0.15, 0.2) is 29.2 Å². The first-order valence-corrected chi connectivity index (χ1v) is 6.83. The third-order valence-electron chi connectivity index (χ3n) is 2.36. The van der Waals surface area contributed by atoms with E-state index in [1.165, 1.54) is 24.3 Å². The Morgan fingerprint density at radius 1 is 1.31 bits per heavy atom. The van der Waals surface area contributed by atoms with E-state index in [0.717, 1.165) is 0 Å². The Hall–Kier alpha value is -1.07. The second kappa shape index (κ2) is 5.32. The molecule has 0 saturated heterocycles. The van der Waals surface area contributed by atoms with Crippen LogP contribution in [0.3, 0.4) is 0 Å². The number of rotatable bonds is 5. The highest BCUT2D eigenvalue weighted by molar-refractivity contribution is 7.91. The van der Waals surface area contributed by atoms with Crippen molar-refractivity contribution < 1.29 is 13.5 Å². The third kappa shape index (κ3) is 3.50. The fourth-order valence-electron chi connectivity index (χ4n) is 1.49. The molecule has 4 nitrogen and oxygen atoms in total. The first kappa shape index (κ1) is 13.0. The van der Waals surface area contributed by atoms with Crippen molar-refractivity contribution in [2.24, 2.45) is 11.7 Å². The zero-order valence-corrected chi connectivity index (χ0v) is 10.1. The van der Waals surface area contributed by atoms with Crippen LogP contribution in [0, 0.1) is 5.92 Å². The normalized spacial score (nSPS) is 13.6. The molecule has 1 unspecified atom stereocenters. The minimum Gasteiger partial charge on any atom is -0.508 e. The summed E-state index contributed by atoms with van der Waals surface area (Å²) in [6.07, 6.45) is 0.692. The number of hydrogen-bond acceptors (Lipinski definition) is 4. The number of hydrogen-bond donors (Lipinski definition) is 2. The van der Waals surface area contributed by atoms with Crippen LogP contribution < -0.4 is 5.73 Å². The van der Waals surface area contributed by atoms with E-state index < -0.39 is 9.84 Å². The predicted molar refractivity (Wildman–Crippen MR) is 63.0 cm³/mol. The highest BCUT2D eigenvalue weighted by Crippen LogP contribution is 2.18. The molecule has 90 valence electrons. The molecule has 1 aromatic rings. The minimum atomic E-state index is -3.27. The van der Waals surface area contributed by atoms with Gasteiger partial charge in [0.1, 0.15) is 5.75 Å². The van der Waals surface area contributed by atoms with Gasteiger partial charge in [-0.3, -0.25) is 0 Å². The number of phenolic OH excluding ortho intramolecular Hbond substituents is 1. The van der Waals surface area contributed by atoms with E-state index in [4.69, 9.17) is 10.8 Å². The number of nitrogens with two attached hydrogens (primary N) is 1. The Kier molecular flexibility index (Phi) is 4.32. The van der Waals surface area contributed by atoms with E-state index in [9.17, 15) is 8.42 Å². The van der Waals surface area contributed by atoms with Gasteiger partial charge < -0.3 is 10.8 Å². The summed E-state index contributed by atoms with van der Waals surface area (Å²) >= 11 is 0. The maximum absolute atomic E-state index is 11.9. The Morgan fingerprint density at radius 3 is 2.38 bits per heavy atom. The molecule has 0 spiro atoms. The van der Waals surface area contributed by atoms with Crippen molar-refractivity contribution in [3.63, 3.8) is 0 Å². The van der Waals surface area contributed by atoms with Crippen molar-refractivity contribution in [2.45, 2.75) is 18.2 Å². The summed E-state index contributed by atoms with van der Waals surface area (Å²) < 4.78 is 23.8. The molecule has 1 atom stereocenters. The Balaban J connectivity index is 2.82. The van der Waals surface area contributed by atoms with E-state index >= 15 is 0 Å². The van der Waals surface area contributed by atoms with Crippen LogP contribution >= 0.6 is 0 Å². The Bertz CT molecular complexity index is 425. The molecule has 1 rings (SSSR count). The fourth-order valence-corrected chi connectivity index (χ4v) is 3.15. The van der Waals surface area contributed by atoms with E-state index in [2.05, 4.69) is 0 Å². The summed E-state index contributed by atoms with van der Waals surface area (Å²) in [6, 6.07) is 5.58. The highest BCUT2D eigenvalue weighted by Gasteiger charge is 2.17. The van der Waals surface area contributed by atoms with Gasteiger partial charge in [-0.05, 0) is 43.1 Å². The van der Waals surface area contributed by atoms with Crippen LogP contribution in [0.25, 0.3) is 0 Å². The molecule has 3 N–H and O–H groups in total. The second-order valence-electron chi connectivity index (χ2n) is 3.96. The van der Waals surface area contributed by atoms with Crippen LogP contribution in [-0.4, -0.2) is 25.8 Å². The van der Waals surface area contributed by atoms with Crippen molar-refractivity contribution >= 4 is 9.84 Å². The summed E-state index contributed by atoms with van der Waals surface area (Å²) in [5.41, 5.74) is 5.38. The average molecular weight is 243 g/mol. The van der Waals surface area contributed by atoms with Crippen LogP contribution in [0.5, 0.6) is 5.75 Å². The van der Waals surface area contributed by atoms with Gasteiger partial charge in [0, 0.05) is 0 Å². The first-order valence-electron chi connectivity index (χ1n) is 5.17. The topological polar surface area (TPSA) is 80.4 Å². The van der Waals surface area contributed by atoms with Crippen LogP contribution in [0.2, 0.25) is 0 Å². The molecule has 0 aromatic heterocycles. The number of sulfone groups is 1. The van der Waals surface area contributed by atoms with E-state index in [1.54, 1.807) is 0 Å². The van der Waals surface area contributed by atoms with Gasteiger partial charge >= 0.3 is 0 Å². The predicted octanol–water partition coefficient (Wildman–Crippen LogP) is 1.15. The lowest BCUT2D eigenvalue weighted by atomic mass is 10.1. The summed E-state index contributed by atoms with van der Waals surface area (Å²) in [6.45, 7) is 2.36. The molecule has 0 fully saturated rings. The lowest BCUT2D eigenvalue weighted by Gasteiger charge is -2.10. The number of aromatic hydroxyl groups is 1. The van der Waals surface area contributed by atoms with Gasteiger partial charge in [-0.1, -0.05) is 6.92 Å². The monoisotopic (exact) mass is 243 g/mol. The SMILES string of the molecule is CC(CCN)CS(=O)(=O)c1ccc(O)cc1. The molecule has 0 amide bonds. The lowest BCUT2D eigenvalue weighted by molar-refractivity contribution is 0.474. The zero-order valence-electron chi connectivity index (χ0n) is 9.26. The van der Waals surface area contributed by atoms with Gasteiger partial charge in [0.05, 0.1) is 10.6 Å². The summed E-state index contributed by atoms with van der Waals surface area (Å²) in [7, 11) is -3.27. The maximum atomic E-state index is 11.9. The number of benzene rings is 1.